The monoisotopic (exact) mass is 312 g/mol. The minimum Gasteiger partial charge on any atom is -0.316 e. The van der Waals surface area contributed by atoms with Crippen LogP contribution in [0.1, 0.15) is 6.92 Å². The highest BCUT2D eigenvalue weighted by atomic mass is 32.2. The van der Waals surface area contributed by atoms with Crippen molar-refractivity contribution in [3.8, 4) is 0 Å². The average molecular weight is 312 g/mol. The van der Waals surface area contributed by atoms with E-state index in [1.165, 1.54) is 18.2 Å². The van der Waals surface area contributed by atoms with E-state index in [1.54, 1.807) is 7.05 Å². The number of fused-ring (bicyclic) bond motifs is 1. The lowest BCUT2D eigenvalue weighted by Crippen LogP contribution is -2.37. The van der Waals surface area contributed by atoms with Gasteiger partial charge >= 0.3 is 5.69 Å². The molecule has 114 valence electrons. The predicted octanol–water partition coefficient (Wildman–Crippen LogP) is -0.897. The SMILES string of the molecule is CNC(C)CNS(=O)(=O)c1ccc2[nH]c(=O)[nH]c(=O)c2c1. The molecule has 1 heterocycles. The zero-order valence-electron chi connectivity index (χ0n) is 11.6. The lowest BCUT2D eigenvalue weighted by atomic mass is 10.2. The van der Waals surface area contributed by atoms with Crippen LogP contribution in [-0.4, -0.2) is 38.0 Å². The van der Waals surface area contributed by atoms with E-state index in [1.807, 2.05) is 6.92 Å². The van der Waals surface area contributed by atoms with Crippen molar-refractivity contribution in [3.63, 3.8) is 0 Å². The molecule has 0 saturated heterocycles. The first-order chi connectivity index (χ1) is 9.83. The van der Waals surface area contributed by atoms with Gasteiger partial charge in [0.1, 0.15) is 0 Å². The Morgan fingerprint density at radius 2 is 1.95 bits per heavy atom. The Morgan fingerprint density at radius 3 is 2.62 bits per heavy atom. The molecule has 2 rings (SSSR count). The largest absolute Gasteiger partial charge is 0.326 e. The van der Waals surface area contributed by atoms with Gasteiger partial charge in [-0.05, 0) is 32.2 Å². The minimum absolute atomic E-state index is 0.0278. The molecule has 0 saturated carbocycles. The molecule has 4 N–H and O–H groups in total. The molecule has 0 amide bonds. The Morgan fingerprint density at radius 1 is 1.24 bits per heavy atom. The molecule has 1 atom stereocenters. The molecule has 0 bridgehead atoms. The van der Waals surface area contributed by atoms with Gasteiger partial charge in [0.05, 0.1) is 15.8 Å². The van der Waals surface area contributed by atoms with E-state index < -0.39 is 21.3 Å². The van der Waals surface area contributed by atoms with Crippen molar-refractivity contribution in [2.75, 3.05) is 13.6 Å². The molecule has 0 radical (unpaired) electrons. The maximum atomic E-state index is 12.2. The van der Waals surface area contributed by atoms with Gasteiger partial charge in [-0.2, -0.15) is 0 Å². The van der Waals surface area contributed by atoms with Crippen LogP contribution in [0.4, 0.5) is 0 Å². The molecular weight excluding hydrogens is 296 g/mol. The van der Waals surface area contributed by atoms with Crippen LogP contribution in [0, 0.1) is 0 Å². The van der Waals surface area contributed by atoms with Crippen molar-refractivity contribution >= 4 is 20.9 Å². The van der Waals surface area contributed by atoms with Gasteiger partial charge in [0.25, 0.3) is 5.56 Å². The number of rotatable bonds is 5. The smallest absolute Gasteiger partial charge is 0.316 e. The van der Waals surface area contributed by atoms with E-state index >= 15 is 0 Å². The summed E-state index contributed by atoms with van der Waals surface area (Å²) in [7, 11) is -1.99. The number of sulfonamides is 1. The predicted molar refractivity (Wildman–Crippen MR) is 78.9 cm³/mol. The second-order valence-corrected chi connectivity index (χ2v) is 6.42. The van der Waals surface area contributed by atoms with Crippen LogP contribution in [0.5, 0.6) is 0 Å². The lowest BCUT2D eigenvalue weighted by molar-refractivity contribution is 0.554. The Kier molecular flexibility index (Phi) is 4.26. The summed E-state index contributed by atoms with van der Waals surface area (Å²) in [6, 6.07) is 3.93. The second-order valence-electron chi connectivity index (χ2n) is 4.66. The van der Waals surface area contributed by atoms with Gasteiger partial charge in [0, 0.05) is 12.6 Å². The molecule has 1 aromatic carbocycles. The minimum atomic E-state index is -3.72. The molecule has 0 fully saturated rings. The van der Waals surface area contributed by atoms with E-state index in [0.29, 0.717) is 0 Å². The van der Waals surface area contributed by atoms with Gasteiger partial charge in [0.15, 0.2) is 0 Å². The van der Waals surface area contributed by atoms with E-state index in [-0.39, 0.29) is 28.4 Å². The zero-order chi connectivity index (χ0) is 15.6. The number of aromatic amines is 2. The van der Waals surface area contributed by atoms with E-state index in [4.69, 9.17) is 0 Å². The molecular formula is C12H16N4O4S. The molecule has 0 aliphatic heterocycles. The van der Waals surface area contributed by atoms with Gasteiger partial charge in [-0.3, -0.25) is 9.78 Å². The fourth-order valence-electron chi connectivity index (χ4n) is 1.73. The highest BCUT2D eigenvalue weighted by molar-refractivity contribution is 7.89. The number of aromatic nitrogens is 2. The quantitative estimate of drug-likeness (QED) is 0.570. The van der Waals surface area contributed by atoms with Gasteiger partial charge in [0.2, 0.25) is 10.0 Å². The van der Waals surface area contributed by atoms with Crippen LogP contribution in [-0.2, 0) is 10.0 Å². The normalized spacial score (nSPS) is 13.4. The third-order valence-electron chi connectivity index (χ3n) is 3.09. The number of nitrogens with one attached hydrogen (secondary N) is 4. The van der Waals surface area contributed by atoms with Crippen LogP contribution in [0.3, 0.4) is 0 Å². The molecule has 9 heteroatoms. The van der Waals surface area contributed by atoms with E-state index in [9.17, 15) is 18.0 Å². The highest BCUT2D eigenvalue weighted by Crippen LogP contribution is 2.13. The van der Waals surface area contributed by atoms with E-state index in [0.717, 1.165) is 0 Å². The van der Waals surface area contributed by atoms with Crippen molar-refractivity contribution < 1.29 is 8.42 Å². The summed E-state index contributed by atoms with van der Waals surface area (Å²) < 4.78 is 26.7. The highest BCUT2D eigenvalue weighted by Gasteiger charge is 2.16. The summed E-state index contributed by atoms with van der Waals surface area (Å²) >= 11 is 0. The van der Waals surface area contributed by atoms with Gasteiger partial charge in [-0.15, -0.1) is 0 Å². The Hall–Kier alpha value is -1.97. The first kappa shape index (κ1) is 15.4. The van der Waals surface area contributed by atoms with Gasteiger partial charge in [-0.25, -0.2) is 17.9 Å². The third kappa shape index (κ3) is 3.38. The van der Waals surface area contributed by atoms with Crippen LogP contribution < -0.4 is 21.3 Å². The first-order valence-corrected chi connectivity index (χ1v) is 7.75. The molecule has 0 aliphatic carbocycles. The fourth-order valence-corrected chi connectivity index (χ4v) is 2.89. The summed E-state index contributed by atoms with van der Waals surface area (Å²) in [6.45, 7) is 2.05. The summed E-state index contributed by atoms with van der Waals surface area (Å²) in [5.41, 5.74) is -0.982. The molecule has 0 aliphatic rings. The number of hydrogen-bond acceptors (Lipinski definition) is 5. The Bertz CT molecular complexity index is 869. The van der Waals surface area contributed by atoms with Gasteiger partial charge in [-0.1, -0.05) is 0 Å². The maximum absolute atomic E-state index is 12.2. The zero-order valence-corrected chi connectivity index (χ0v) is 12.4. The second kappa shape index (κ2) is 5.80. The number of hydrogen-bond donors (Lipinski definition) is 4. The standard InChI is InChI=1S/C12H16N4O4S/c1-7(13-2)6-14-21(19,20)8-3-4-10-9(5-8)11(17)16-12(18)15-10/h3-5,7,13-14H,6H2,1-2H3,(H2,15,16,17,18). The topological polar surface area (TPSA) is 124 Å². The number of benzene rings is 1. The molecule has 1 aromatic heterocycles. The lowest BCUT2D eigenvalue weighted by Gasteiger charge is -2.12. The van der Waals surface area contributed by atoms with E-state index in [2.05, 4.69) is 20.0 Å². The molecule has 1 unspecified atom stereocenters. The average Bonchev–Trinajstić information content (AvgIpc) is 2.44. The number of H-pyrrole nitrogens is 2. The fraction of sp³-hybridized carbons (Fsp3) is 0.333. The van der Waals surface area contributed by atoms with Crippen molar-refractivity contribution in [2.45, 2.75) is 17.9 Å². The van der Waals surface area contributed by atoms with Crippen LogP contribution in [0.15, 0.2) is 32.7 Å². The van der Waals surface area contributed by atoms with Crippen molar-refractivity contribution in [2.24, 2.45) is 0 Å². The summed E-state index contributed by atoms with van der Waals surface area (Å²) in [5, 5.41) is 3.02. The number of likely N-dealkylation sites (N-methyl/N-ethyl adjacent to an activating group) is 1. The summed E-state index contributed by atoms with van der Waals surface area (Å²) in [5.74, 6) is 0. The van der Waals surface area contributed by atoms with Crippen molar-refractivity contribution in [1.29, 1.82) is 0 Å². The Labute approximate surface area is 120 Å². The molecule has 2 aromatic rings. The first-order valence-electron chi connectivity index (χ1n) is 6.27. The van der Waals surface area contributed by atoms with Gasteiger partial charge < -0.3 is 10.3 Å². The summed E-state index contributed by atoms with van der Waals surface area (Å²) in [4.78, 5) is 27.3. The van der Waals surface area contributed by atoms with Crippen LogP contribution in [0.25, 0.3) is 10.9 Å². The Balaban J connectivity index is 2.43. The molecule has 21 heavy (non-hydrogen) atoms. The van der Waals surface area contributed by atoms with Crippen LogP contribution >= 0.6 is 0 Å². The van der Waals surface area contributed by atoms with Crippen molar-refractivity contribution in [1.82, 2.24) is 20.0 Å². The maximum Gasteiger partial charge on any atom is 0.326 e. The summed E-state index contributed by atoms with van der Waals surface area (Å²) in [6.07, 6.45) is 0. The van der Waals surface area contributed by atoms with Crippen LogP contribution in [0.2, 0.25) is 0 Å². The third-order valence-corrected chi connectivity index (χ3v) is 4.51. The molecule has 0 spiro atoms. The molecule has 8 nitrogen and oxygen atoms in total. The van der Waals surface area contributed by atoms with Crippen molar-refractivity contribution in [3.05, 3.63) is 39.0 Å².